The van der Waals surface area contributed by atoms with E-state index in [2.05, 4.69) is 32.8 Å². The summed E-state index contributed by atoms with van der Waals surface area (Å²) in [7, 11) is -3.50. The largest absolute Gasteiger partial charge is 0.462 e. The second-order valence-electron chi connectivity index (χ2n) is 9.31. The van der Waals surface area contributed by atoms with Crippen molar-refractivity contribution in [2.45, 2.75) is 43.4 Å². The Labute approximate surface area is 211 Å². The highest BCUT2D eigenvalue weighted by Crippen LogP contribution is 2.52. The van der Waals surface area contributed by atoms with Crippen molar-refractivity contribution in [2.75, 3.05) is 13.2 Å². The van der Waals surface area contributed by atoms with Crippen molar-refractivity contribution in [3.8, 4) is 0 Å². The number of fused-ring (bicyclic) bond motifs is 2. The average molecular weight is 547 g/mol. The lowest BCUT2D eigenvalue weighted by Gasteiger charge is -2.29. The van der Waals surface area contributed by atoms with Gasteiger partial charge in [0.2, 0.25) is 10.0 Å². The number of nitrogens with one attached hydrogen (secondary N) is 1. The normalized spacial score (nSPS) is 24.0. The number of ether oxygens (including phenoxy) is 1. The number of unbranched alkanes of at least 4 members (excludes halogenated alkanes) is 2. The van der Waals surface area contributed by atoms with E-state index in [4.69, 9.17) is 4.74 Å². The van der Waals surface area contributed by atoms with Gasteiger partial charge < -0.3 is 4.74 Å². The third-order valence-corrected chi connectivity index (χ3v) is 9.13. The Morgan fingerprint density at radius 3 is 2.53 bits per heavy atom. The molecule has 0 amide bonds. The van der Waals surface area contributed by atoms with Crippen molar-refractivity contribution in [3.05, 3.63) is 76.8 Å². The number of rotatable bonds is 11. The fourth-order valence-corrected chi connectivity index (χ4v) is 6.74. The molecule has 7 heteroatoms. The molecule has 2 aliphatic rings. The monoisotopic (exact) mass is 545 g/mol. The number of benzene rings is 2. The van der Waals surface area contributed by atoms with E-state index in [0.29, 0.717) is 47.3 Å². The molecular formula is C27H32BrNO4S. The van der Waals surface area contributed by atoms with E-state index in [0.717, 1.165) is 23.7 Å². The van der Waals surface area contributed by atoms with Crippen molar-refractivity contribution in [1.82, 2.24) is 4.72 Å². The molecule has 4 rings (SSSR count). The van der Waals surface area contributed by atoms with Gasteiger partial charge in [-0.1, -0.05) is 46.3 Å². The molecule has 0 radical (unpaired) electrons. The second kappa shape index (κ2) is 11.6. The maximum absolute atomic E-state index is 12.7. The first-order chi connectivity index (χ1) is 16.4. The molecule has 0 aromatic heterocycles. The lowest BCUT2D eigenvalue weighted by atomic mass is 9.79. The van der Waals surface area contributed by atoms with Gasteiger partial charge in [0, 0.05) is 11.0 Å². The molecule has 0 heterocycles. The minimum absolute atomic E-state index is 0.272. The van der Waals surface area contributed by atoms with Crippen molar-refractivity contribution in [1.29, 1.82) is 0 Å². The van der Waals surface area contributed by atoms with E-state index in [-0.39, 0.29) is 5.97 Å². The van der Waals surface area contributed by atoms with E-state index in [1.54, 1.807) is 36.4 Å². The minimum Gasteiger partial charge on any atom is -0.462 e. The van der Waals surface area contributed by atoms with Crippen LogP contribution in [-0.4, -0.2) is 27.5 Å². The van der Waals surface area contributed by atoms with Gasteiger partial charge in [-0.05, 0) is 98.6 Å². The molecule has 0 aliphatic heterocycles. The van der Waals surface area contributed by atoms with E-state index in [1.807, 2.05) is 18.2 Å². The molecule has 0 saturated heterocycles. The molecule has 2 fully saturated rings. The molecule has 2 aromatic rings. The van der Waals surface area contributed by atoms with Crippen LogP contribution < -0.4 is 4.72 Å². The van der Waals surface area contributed by atoms with Gasteiger partial charge >= 0.3 is 5.97 Å². The zero-order chi connectivity index (χ0) is 24.0. The van der Waals surface area contributed by atoms with Gasteiger partial charge in [-0.15, -0.1) is 0 Å². The summed E-state index contributed by atoms with van der Waals surface area (Å²) < 4.78 is 34.5. The van der Waals surface area contributed by atoms with Crippen LogP contribution in [0.3, 0.4) is 0 Å². The molecular weight excluding hydrogens is 514 g/mol. The summed E-state index contributed by atoms with van der Waals surface area (Å²) in [6, 6.07) is 15.8. The first-order valence-electron chi connectivity index (χ1n) is 12.1. The van der Waals surface area contributed by atoms with Crippen LogP contribution in [0.5, 0.6) is 0 Å². The quantitative estimate of drug-likeness (QED) is 0.214. The second-order valence-corrected chi connectivity index (χ2v) is 12.0. The van der Waals surface area contributed by atoms with Crippen LogP contribution in [0, 0.1) is 23.7 Å². The summed E-state index contributed by atoms with van der Waals surface area (Å²) in [6.07, 6.45) is 10.9. The first-order valence-corrected chi connectivity index (χ1v) is 14.4. The van der Waals surface area contributed by atoms with Crippen LogP contribution in [0.25, 0.3) is 0 Å². The summed E-state index contributed by atoms with van der Waals surface area (Å²) in [4.78, 5) is 12.3. The maximum Gasteiger partial charge on any atom is 0.338 e. The molecule has 2 bridgehead atoms. The number of sulfonamides is 1. The lowest BCUT2D eigenvalue weighted by Crippen LogP contribution is -2.35. The average Bonchev–Trinajstić information content (AvgIpc) is 3.45. The molecule has 2 aliphatic carbocycles. The molecule has 182 valence electrons. The van der Waals surface area contributed by atoms with Crippen molar-refractivity contribution in [2.24, 2.45) is 23.7 Å². The summed E-state index contributed by atoms with van der Waals surface area (Å²) in [6.45, 7) is 0.917. The molecule has 0 unspecified atom stereocenters. The third-order valence-electron chi connectivity index (χ3n) is 7.16. The molecule has 2 aromatic carbocycles. The van der Waals surface area contributed by atoms with Gasteiger partial charge in [0.15, 0.2) is 0 Å². The zero-order valence-electron chi connectivity index (χ0n) is 19.2. The van der Waals surface area contributed by atoms with Crippen LogP contribution in [0.2, 0.25) is 0 Å². The standard InChI is InChI=1S/C27H32BrNO4S/c28-23-13-15-24(16-14-23)34(31,32)29-19-26-22-12-11-21(18-22)25(26)10-6-1-2-7-17-33-27(30)20-8-4-3-5-9-20/h3-6,8-10,13-16,21-22,25-26,29H,1-2,7,11-12,17-19H2/t21-,22+,25+,26-/m1/s1. The van der Waals surface area contributed by atoms with Crippen LogP contribution >= 0.6 is 15.9 Å². The number of halogens is 1. The van der Waals surface area contributed by atoms with Gasteiger partial charge in [0.05, 0.1) is 17.1 Å². The smallest absolute Gasteiger partial charge is 0.338 e. The topological polar surface area (TPSA) is 72.5 Å². The zero-order valence-corrected chi connectivity index (χ0v) is 21.6. The van der Waals surface area contributed by atoms with E-state index in [1.165, 1.54) is 19.3 Å². The fourth-order valence-electron chi connectivity index (χ4n) is 5.40. The van der Waals surface area contributed by atoms with Gasteiger partial charge in [0.1, 0.15) is 0 Å². The highest BCUT2D eigenvalue weighted by atomic mass is 79.9. The Morgan fingerprint density at radius 2 is 1.76 bits per heavy atom. The van der Waals surface area contributed by atoms with E-state index < -0.39 is 10.0 Å². The third kappa shape index (κ3) is 6.37. The first kappa shape index (κ1) is 25.1. The summed E-state index contributed by atoms with van der Waals surface area (Å²) in [5, 5.41) is 0. The van der Waals surface area contributed by atoms with Crippen LogP contribution in [0.4, 0.5) is 0 Å². The Kier molecular flexibility index (Phi) is 8.61. The van der Waals surface area contributed by atoms with Gasteiger partial charge in [-0.25, -0.2) is 17.9 Å². The van der Waals surface area contributed by atoms with Gasteiger partial charge in [-0.3, -0.25) is 0 Å². The van der Waals surface area contributed by atoms with Crippen LogP contribution in [0.1, 0.15) is 48.9 Å². The van der Waals surface area contributed by atoms with E-state index in [9.17, 15) is 13.2 Å². The Hall–Kier alpha value is -1.96. The van der Waals surface area contributed by atoms with Gasteiger partial charge in [0.25, 0.3) is 0 Å². The molecule has 1 N–H and O–H groups in total. The van der Waals surface area contributed by atoms with Crippen LogP contribution in [-0.2, 0) is 14.8 Å². The van der Waals surface area contributed by atoms with E-state index >= 15 is 0 Å². The number of carbonyl (C=O) groups excluding carboxylic acids is 1. The fraction of sp³-hybridized carbons (Fsp3) is 0.444. The lowest BCUT2D eigenvalue weighted by molar-refractivity contribution is 0.0498. The highest BCUT2D eigenvalue weighted by Gasteiger charge is 2.46. The molecule has 5 nitrogen and oxygen atoms in total. The number of allylic oxidation sites excluding steroid dienone is 2. The maximum atomic E-state index is 12.7. The Morgan fingerprint density at radius 1 is 1.03 bits per heavy atom. The number of esters is 1. The molecule has 0 spiro atoms. The van der Waals surface area contributed by atoms with Crippen molar-refractivity contribution >= 4 is 31.9 Å². The Bertz CT molecular complexity index is 1090. The highest BCUT2D eigenvalue weighted by molar-refractivity contribution is 9.10. The van der Waals surface area contributed by atoms with Crippen LogP contribution in [0.15, 0.2) is 76.1 Å². The molecule has 34 heavy (non-hydrogen) atoms. The minimum atomic E-state index is -3.50. The number of hydrogen-bond acceptors (Lipinski definition) is 4. The Balaban J connectivity index is 1.22. The molecule has 2 saturated carbocycles. The van der Waals surface area contributed by atoms with Gasteiger partial charge in [-0.2, -0.15) is 0 Å². The van der Waals surface area contributed by atoms with Crippen molar-refractivity contribution in [3.63, 3.8) is 0 Å². The van der Waals surface area contributed by atoms with Crippen molar-refractivity contribution < 1.29 is 17.9 Å². The molecule has 4 atom stereocenters. The predicted molar refractivity (Wildman–Crippen MR) is 137 cm³/mol. The number of hydrogen-bond donors (Lipinski definition) is 1. The SMILES string of the molecule is O=C(OCCCCC=C[C@H]1[C@@H]2CC[C@@H](C2)[C@H]1CNS(=O)(=O)c1ccc(Br)cc1)c1ccccc1. The number of carbonyl (C=O) groups is 1. The summed E-state index contributed by atoms with van der Waals surface area (Å²) >= 11 is 3.35. The summed E-state index contributed by atoms with van der Waals surface area (Å²) in [5.41, 5.74) is 0.584. The predicted octanol–water partition coefficient (Wildman–Crippen LogP) is 5.97. The summed E-state index contributed by atoms with van der Waals surface area (Å²) in [5.74, 6) is 1.78.